The Balaban J connectivity index is 1.65. The third kappa shape index (κ3) is 4.13. The number of nitrogens with zero attached hydrogens (tertiary/aromatic N) is 1. The number of alkyl halides is 3. The molecule has 0 unspecified atom stereocenters. The molecule has 1 N–H and O–H groups in total. The maximum atomic E-state index is 12.7. The molecule has 0 atom stereocenters. The van der Waals surface area contributed by atoms with Crippen LogP contribution in [0.15, 0.2) is 36.4 Å². The van der Waals surface area contributed by atoms with Crippen LogP contribution in [0.5, 0.6) is 5.75 Å². The average Bonchev–Trinajstić information content (AvgIpc) is 2.95. The van der Waals surface area contributed by atoms with Crippen LogP contribution in [0.4, 0.5) is 18.3 Å². The molecule has 0 aliphatic carbocycles. The zero-order chi connectivity index (χ0) is 18.9. The van der Waals surface area contributed by atoms with Crippen LogP contribution in [0.1, 0.15) is 16.7 Å². The van der Waals surface area contributed by atoms with Crippen molar-refractivity contribution in [2.75, 3.05) is 11.9 Å². The SMILES string of the molecule is Cc1cc(C)c2nc(NC(=O)COc3cccc(C(F)(F)F)c3)sc2c1. The maximum absolute atomic E-state index is 12.7. The fourth-order valence-corrected chi connectivity index (χ4v) is 3.55. The highest BCUT2D eigenvalue weighted by molar-refractivity contribution is 7.22. The van der Waals surface area contributed by atoms with E-state index in [0.717, 1.165) is 33.5 Å². The van der Waals surface area contributed by atoms with E-state index in [4.69, 9.17) is 4.74 Å². The van der Waals surface area contributed by atoms with Gasteiger partial charge in [0.05, 0.1) is 15.8 Å². The highest BCUT2D eigenvalue weighted by Gasteiger charge is 2.30. The molecule has 4 nitrogen and oxygen atoms in total. The van der Waals surface area contributed by atoms with Crippen LogP contribution >= 0.6 is 11.3 Å². The van der Waals surface area contributed by atoms with E-state index in [-0.39, 0.29) is 5.75 Å². The summed E-state index contributed by atoms with van der Waals surface area (Å²) in [7, 11) is 0. The van der Waals surface area contributed by atoms with E-state index >= 15 is 0 Å². The fraction of sp³-hybridized carbons (Fsp3) is 0.222. The second-order valence-electron chi connectivity index (χ2n) is 5.81. The molecule has 8 heteroatoms. The fourth-order valence-electron chi connectivity index (χ4n) is 2.49. The molecule has 1 aromatic heterocycles. The molecule has 0 aliphatic heterocycles. The third-order valence-corrected chi connectivity index (χ3v) is 4.53. The molecule has 3 rings (SSSR count). The highest BCUT2D eigenvalue weighted by atomic mass is 32.1. The van der Waals surface area contributed by atoms with E-state index in [1.165, 1.54) is 23.5 Å². The van der Waals surface area contributed by atoms with Gasteiger partial charge in [0.25, 0.3) is 5.91 Å². The first-order valence-electron chi connectivity index (χ1n) is 7.70. The Morgan fingerprint density at radius 2 is 2.00 bits per heavy atom. The molecule has 0 fully saturated rings. The molecular weight excluding hydrogens is 365 g/mol. The Bertz CT molecular complexity index is 967. The van der Waals surface area contributed by atoms with E-state index in [2.05, 4.69) is 10.3 Å². The lowest BCUT2D eigenvalue weighted by Gasteiger charge is -2.09. The Morgan fingerprint density at radius 1 is 1.23 bits per heavy atom. The van der Waals surface area contributed by atoms with Crippen LogP contribution in [0.25, 0.3) is 10.2 Å². The van der Waals surface area contributed by atoms with Crippen molar-refractivity contribution in [3.63, 3.8) is 0 Å². The van der Waals surface area contributed by atoms with Gasteiger partial charge in [-0.1, -0.05) is 23.5 Å². The van der Waals surface area contributed by atoms with Crippen molar-refractivity contribution in [2.45, 2.75) is 20.0 Å². The van der Waals surface area contributed by atoms with Crippen molar-refractivity contribution >= 4 is 32.6 Å². The van der Waals surface area contributed by atoms with Gasteiger partial charge < -0.3 is 4.74 Å². The van der Waals surface area contributed by atoms with E-state index < -0.39 is 24.3 Å². The predicted octanol–water partition coefficient (Wildman–Crippen LogP) is 4.95. The number of hydrogen-bond donors (Lipinski definition) is 1. The topological polar surface area (TPSA) is 51.2 Å². The molecule has 0 saturated heterocycles. The Hall–Kier alpha value is -2.61. The summed E-state index contributed by atoms with van der Waals surface area (Å²) >= 11 is 1.33. The number of aryl methyl sites for hydroxylation is 2. The molecule has 1 heterocycles. The molecule has 3 aromatic rings. The van der Waals surface area contributed by atoms with Gasteiger partial charge in [0, 0.05) is 0 Å². The molecule has 0 spiro atoms. The van der Waals surface area contributed by atoms with E-state index in [9.17, 15) is 18.0 Å². The molecule has 1 amide bonds. The Labute approximate surface area is 151 Å². The van der Waals surface area contributed by atoms with Crippen LogP contribution in [0, 0.1) is 13.8 Å². The number of ether oxygens (including phenoxy) is 1. The summed E-state index contributed by atoms with van der Waals surface area (Å²) in [6.45, 7) is 3.51. The van der Waals surface area contributed by atoms with Crippen LogP contribution in [-0.2, 0) is 11.0 Å². The van der Waals surface area contributed by atoms with Gasteiger partial charge in [-0.25, -0.2) is 4.98 Å². The van der Waals surface area contributed by atoms with Crippen LogP contribution < -0.4 is 10.1 Å². The summed E-state index contributed by atoms with van der Waals surface area (Å²) in [5, 5.41) is 3.04. The number of carbonyl (C=O) groups is 1. The predicted molar refractivity (Wildman–Crippen MR) is 94.7 cm³/mol. The quantitative estimate of drug-likeness (QED) is 0.697. The molecule has 0 bridgehead atoms. The molecule has 136 valence electrons. The number of fused-ring (bicyclic) bond motifs is 1. The summed E-state index contributed by atoms with van der Waals surface area (Å²) in [5.41, 5.74) is 2.10. The van der Waals surface area contributed by atoms with Crippen molar-refractivity contribution in [3.8, 4) is 5.75 Å². The standard InChI is InChI=1S/C18H15F3N2O2S/c1-10-6-11(2)16-14(7-10)26-17(23-16)22-15(24)9-25-13-5-3-4-12(8-13)18(19,20)21/h3-8H,9H2,1-2H3,(H,22,23,24). The van der Waals surface area contributed by atoms with Crippen LogP contribution in [0.3, 0.4) is 0 Å². The van der Waals surface area contributed by atoms with Gasteiger partial charge in [-0.2, -0.15) is 13.2 Å². The highest BCUT2D eigenvalue weighted by Crippen LogP contribution is 2.31. The molecule has 0 aliphatic rings. The lowest BCUT2D eigenvalue weighted by Crippen LogP contribution is -2.20. The number of nitrogens with one attached hydrogen (secondary N) is 1. The molecule has 26 heavy (non-hydrogen) atoms. The van der Waals surface area contributed by atoms with E-state index in [1.807, 2.05) is 26.0 Å². The van der Waals surface area contributed by atoms with Gasteiger partial charge in [-0.15, -0.1) is 0 Å². The zero-order valence-electron chi connectivity index (χ0n) is 14.0. The summed E-state index contributed by atoms with van der Waals surface area (Å²) in [5.74, 6) is -0.512. The van der Waals surface area contributed by atoms with Gasteiger partial charge in [-0.05, 0) is 49.2 Å². The van der Waals surface area contributed by atoms with Crippen LogP contribution in [0.2, 0.25) is 0 Å². The lowest BCUT2D eigenvalue weighted by molar-refractivity contribution is -0.137. The average molecular weight is 380 g/mol. The normalized spacial score (nSPS) is 11.6. The summed E-state index contributed by atoms with van der Waals surface area (Å²) in [6, 6.07) is 8.38. The summed E-state index contributed by atoms with van der Waals surface area (Å²) in [4.78, 5) is 16.4. The van der Waals surface area contributed by atoms with Crippen molar-refractivity contribution in [1.29, 1.82) is 0 Å². The first-order chi connectivity index (χ1) is 12.2. The zero-order valence-corrected chi connectivity index (χ0v) is 14.8. The monoisotopic (exact) mass is 380 g/mol. The Morgan fingerprint density at radius 3 is 2.73 bits per heavy atom. The van der Waals surface area contributed by atoms with Gasteiger partial charge in [0.15, 0.2) is 11.7 Å². The smallest absolute Gasteiger partial charge is 0.416 e. The number of anilines is 1. The second-order valence-corrected chi connectivity index (χ2v) is 6.84. The van der Waals surface area contributed by atoms with Crippen molar-refractivity contribution in [3.05, 3.63) is 53.1 Å². The van der Waals surface area contributed by atoms with Crippen molar-refractivity contribution < 1.29 is 22.7 Å². The van der Waals surface area contributed by atoms with Crippen LogP contribution in [-0.4, -0.2) is 17.5 Å². The number of halogens is 3. The number of benzene rings is 2. The number of thiazole rings is 1. The largest absolute Gasteiger partial charge is 0.484 e. The first-order valence-corrected chi connectivity index (χ1v) is 8.52. The van der Waals surface area contributed by atoms with Gasteiger partial charge >= 0.3 is 6.18 Å². The number of amides is 1. The minimum absolute atomic E-state index is 0.0225. The molecule has 2 aromatic carbocycles. The van der Waals surface area contributed by atoms with Crippen molar-refractivity contribution in [2.24, 2.45) is 0 Å². The summed E-state index contributed by atoms with van der Waals surface area (Å²) in [6.07, 6.45) is -4.46. The lowest BCUT2D eigenvalue weighted by atomic mass is 10.1. The van der Waals surface area contributed by atoms with Gasteiger partial charge in [0.1, 0.15) is 5.75 Å². The number of carbonyl (C=O) groups excluding carboxylic acids is 1. The minimum atomic E-state index is -4.46. The molecule has 0 radical (unpaired) electrons. The van der Waals surface area contributed by atoms with E-state index in [1.54, 1.807) is 0 Å². The first kappa shape index (κ1) is 18.2. The third-order valence-electron chi connectivity index (χ3n) is 3.61. The second kappa shape index (κ2) is 6.95. The van der Waals surface area contributed by atoms with E-state index in [0.29, 0.717) is 5.13 Å². The van der Waals surface area contributed by atoms with Gasteiger partial charge in [0.2, 0.25) is 0 Å². The van der Waals surface area contributed by atoms with Gasteiger partial charge in [-0.3, -0.25) is 10.1 Å². The molecular formula is C18H15F3N2O2S. The number of aromatic nitrogens is 1. The molecule has 0 saturated carbocycles. The summed E-state index contributed by atoms with van der Waals surface area (Å²) < 4.78 is 44.1. The Kier molecular flexibility index (Phi) is 4.86. The van der Waals surface area contributed by atoms with Crippen molar-refractivity contribution in [1.82, 2.24) is 4.98 Å². The minimum Gasteiger partial charge on any atom is -0.484 e. The number of hydrogen-bond acceptors (Lipinski definition) is 4. The number of rotatable bonds is 4. The maximum Gasteiger partial charge on any atom is 0.416 e.